The lowest BCUT2D eigenvalue weighted by molar-refractivity contribution is -0.120. The van der Waals surface area contributed by atoms with Crippen LogP contribution in [-0.2, 0) is 24.2 Å². The number of benzene rings is 2. The van der Waals surface area contributed by atoms with Crippen molar-refractivity contribution in [3.8, 4) is 11.5 Å². The summed E-state index contributed by atoms with van der Waals surface area (Å²) in [5, 5.41) is 13.8. The molecule has 10 nitrogen and oxygen atoms in total. The molecule has 0 fully saturated rings. The molecule has 2 atom stereocenters. The SMILES string of the molecule is C=CCOc1ccc(S(=O)(=O)c2ccc(OCC=C)c([N+]3([O-])CC=CC3OC)c2)cc1N1C(=O)C=CC1=O. The normalized spacial score (nSPS) is 20.7. The molecular weight excluding hydrogens is 512 g/mol. The monoisotopic (exact) mass is 538 g/mol. The second-order valence-corrected chi connectivity index (χ2v) is 10.3. The predicted molar refractivity (Wildman–Crippen MR) is 141 cm³/mol. The Morgan fingerprint density at radius 2 is 1.58 bits per heavy atom. The van der Waals surface area contributed by atoms with Gasteiger partial charge in [0.05, 0.1) is 15.5 Å². The minimum atomic E-state index is -4.23. The maximum Gasteiger partial charge on any atom is 0.258 e. The molecule has 2 heterocycles. The van der Waals surface area contributed by atoms with Gasteiger partial charge >= 0.3 is 0 Å². The first-order valence-corrected chi connectivity index (χ1v) is 13.0. The van der Waals surface area contributed by atoms with E-state index in [0.717, 1.165) is 17.1 Å². The number of hydroxylamine groups is 2. The van der Waals surface area contributed by atoms with Crippen LogP contribution >= 0.6 is 0 Å². The summed E-state index contributed by atoms with van der Waals surface area (Å²) in [7, 11) is -2.84. The van der Waals surface area contributed by atoms with Crippen LogP contribution in [0.1, 0.15) is 0 Å². The number of sulfone groups is 1. The molecule has 0 aromatic heterocycles. The third kappa shape index (κ3) is 4.79. The molecule has 2 aliphatic heterocycles. The molecule has 2 aromatic rings. The summed E-state index contributed by atoms with van der Waals surface area (Å²) in [6, 6.07) is 7.85. The van der Waals surface area contributed by atoms with Crippen LogP contribution in [0, 0.1) is 5.21 Å². The van der Waals surface area contributed by atoms with E-state index in [-0.39, 0.29) is 52.4 Å². The lowest BCUT2D eigenvalue weighted by atomic mass is 10.2. The number of nitrogens with zero attached hydrogens (tertiary/aromatic N) is 2. The van der Waals surface area contributed by atoms with Gasteiger partial charge in [-0.05, 0) is 36.4 Å². The van der Waals surface area contributed by atoms with Crippen LogP contribution < -0.4 is 19.0 Å². The van der Waals surface area contributed by atoms with Gasteiger partial charge in [0.1, 0.15) is 25.5 Å². The van der Waals surface area contributed by atoms with Crippen molar-refractivity contribution in [2.75, 3.05) is 31.8 Å². The number of quaternary nitrogens is 1. The van der Waals surface area contributed by atoms with Gasteiger partial charge in [-0.2, -0.15) is 0 Å². The van der Waals surface area contributed by atoms with Crippen molar-refractivity contribution in [3.05, 3.63) is 91.2 Å². The molecule has 4 rings (SSSR count). The molecule has 0 spiro atoms. The van der Waals surface area contributed by atoms with E-state index in [1.807, 2.05) is 0 Å². The van der Waals surface area contributed by atoms with Crippen molar-refractivity contribution in [2.24, 2.45) is 0 Å². The Balaban J connectivity index is 1.83. The average Bonchev–Trinajstić information content (AvgIpc) is 3.47. The van der Waals surface area contributed by atoms with Crippen LogP contribution in [0.2, 0.25) is 0 Å². The van der Waals surface area contributed by atoms with E-state index in [4.69, 9.17) is 14.2 Å². The van der Waals surface area contributed by atoms with Gasteiger partial charge in [-0.25, -0.2) is 13.3 Å². The average molecular weight is 539 g/mol. The fourth-order valence-electron chi connectivity index (χ4n) is 4.18. The van der Waals surface area contributed by atoms with Gasteiger partial charge in [0.25, 0.3) is 11.8 Å². The Morgan fingerprint density at radius 1 is 1.00 bits per heavy atom. The third-order valence-electron chi connectivity index (χ3n) is 5.98. The lowest BCUT2D eigenvalue weighted by Gasteiger charge is -2.42. The van der Waals surface area contributed by atoms with Crippen molar-refractivity contribution >= 4 is 33.0 Å². The number of imide groups is 1. The van der Waals surface area contributed by atoms with Crippen molar-refractivity contribution < 1.29 is 32.2 Å². The van der Waals surface area contributed by atoms with E-state index in [9.17, 15) is 23.2 Å². The zero-order valence-corrected chi connectivity index (χ0v) is 21.4. The Bertz CT molecular complexity index is 1450. The maximum absolute atomic E-state index is 13.8. The largest absolute Gasteiger partial charge is 0.625 e. The Morgan fingerprint density at radius 3 is 2.18 bits per heavy atom. The van der Waals surface area contributed by atoms with Crippen molar-refractivity contribution in [1.82, 2.24) is 4.65 Å². The second-order valence-electron chi connectivity index (χ2n) is 8.34. The van der Waals surface area contributed by atoms with Crippen molar-refractivity contribution in [3.63, 3.8) is 0 Å². The number of hydrogen-bond donors (Lipinski definition) is 0. The molecule has 0 N–H and O–H groups in total. The van der Waals surface area contributed by atoms with E-state index >= 15 is 0 Å². The number of methoxy groups -OCH3 is 1. The van der Waals surface area contributed by atoms with Gasteiger partial charge in [-0.3, -0.25) is 14.2 Å². The second kappa shape index (κ2) is 10.8. The highest BCUT2D eigenvalue weighted by Crippen LogP contribution is 2.41. The van der Waals surface area contributed by atoms with E-state index in [1.54, 1.807) is 12.2 Å². The molecule has 2 unspecified atom stereocenters. The van der Waals surface area contributed by atoms with Gasteiger partial charge in [-0.1, -0.05) is 25.3 Å². The molecule has 0 radical (unpaired) electrons. The molecule has 0 saturated carbocycles. The quantitative estimate of drug-likeness (QED) is 0.185. The van der Waals surface area contributed by atoms with Crippen LogP contribution in [0.25, 0.3) is 0 Å². The summed E-state index contributed by atoms with van der Waals surface area (Å²) in [5.74, 6) is -0.955. The van der Waals surface area contributed by atoms with E-state index in [1.165, 1.54) is 55.7 Å². The molecule has 11 heteroatoms. The number of anilines is 1. The highest BCUT2D eigenvalue weighted by molar-refractivity contribution is 7.91. The molecule has 2 aliphatic rings. The molecular formula is C27H26N2O8S. The minimum Gasteiger partial charge on any atom is -0.625 e. The topological polar surface area (TPSA) is 122 Å². The molecule has 0 saturated heterocycles. The van der Waals surface area contributed by atoms with Crippen LogP contribution in [0.4, 0.5) is 11.4 Å². The Kier molecular flexibility index (Phi) is 7.65. The lowest BCUT2D eigenvalue weighted by Crippen LogP contribution is -2.49. The first kappa shape index (κ1) is 27.0. The molecule has 0 bridgehead atoms. The Hall–Kier alpha value is -4.03. The van der Waals surface area contributed by atoms with Crippen LogP contribution in [-0.4, -0.2) is 53.3 Å². The fourth-order valence-corrected chi connectivity index (χ4v) is 5.48. The predicted octanol–water partition coefficient (Wildman–Crippen LogP) is 3.43. The summed E-state index contributed by atoms with van der Waals surface area (Å²) in [4.78, 5) is 25.2. The number of carbonyl (C=O) groups excluding carboxylic acids is 2. The summed E-state index contributed by atoms with van der Waals surface area (Å²) < 4.78 is 43.1. The number of amides is 2. The standard InChI is InChI=1S/C27H26N2O8S/c1-4-15-36-23-10-8-19(17-21(23)28-25(30)12-13-26(28)31)38(33,34)20-9-11-24(37-16-5-2)22(18-20)29(32)14-6-7-27(29)35-3/h4-13,17-18,27H,1-2,14-16H2,3H3. The highest BCUT2D eigenvalue weighted by Gasteiger charge is 2.37. The fraction of sp³-hybridized carbons (Fsp3) is 0.185. The molecule has 2 aromatic carbocycles. The van der Waals surface area contributed by atoms with Gasteiger partial charge in [0.2, 0.25) is 16.1 Å². The van der Waals surface area contributed by atoms with Gasteiger partial charge in [0.15, 0.2) is 11.4 Å². The minimum absolute atomic E-state index is 0.0120. The number of carbonyl (C=O) groups is 2. The molecule has 38 heavy (non-hydrogen) atoms. The van der Waals surface area contributed by atoms with Crippen LogP contribution in [0.15, 0.2) is 95.8 Å². The smallest absolute Gasteiger partial charge is 0.258 e. The number of ether oxygens (including phenoxy) is 3. The molecule has 198 valence electrons. The van der Waals surface area contributed by atoms with Crippen LogP contribution in [0.5, 0.6) is 11.5 Å². The maximum atomic E-state index is 13.8. The van der Waals surface area contributed by atoms with Crippen molar-refractivity contribution in [2.45, 2.75) is 16.0 Å². The number of rotatable bonds is 11. The molecule has 2 amide bonds. The van der Waals surface area contributed by atoms with Crippen LogP contribution in [0.3, 0.4) is 0 Å². The first-order valence-electron chi connectivity index (χ1n) is 11.5. The van der Waals surface area contributed by atoms with E-state index in [2.05, 4.69) is 13.2 Å². The van der Waals surface area contributed by atoms with E-state index < -0.39 is 32.5 Å². The van der Waals surface area contributed by atoms with Gasteiger partial charge in [-0.15, -0.1) is 0 Å². The summed E-state index contributed by atoms with van der Waals surface area (Å²) >= 11 is 0. The number of hydrogen-bond acceptors (Lipinski definition) is 8. The highest BCUT2D eigenvalue weighted by atomic mass is 32.2. The summed E-state index contributed by atoms with van der Waals surface area (Å²) in [6.45, 7) is 7.37. The zero-order chi connectivity index (χ0) is 27.5. The zero-order valence-electron chi connectivity index (χ0n) is 20.6. The van der Waals surface area contributed by atoms with Crippen molar-refractivity contribution in [1.29, 1.82) is 0 Å². The summed E-state index contributed by atoms with van der Waals surface area (Å²) in [6.07, 6.45) is 7.52. The molecule has 0 aliphatic carbocycles. The van der Waals surface area contributed by atoms with E-state index in [0.29, 0.717) is 0 Å². The Labute approximate surface area is 220 Å². The summed E-state index contributed by atoms with van der Waals surface area (Å²) in [5.41, 5.74) is 0.0274. The van der Waals surface area contributed by atoms with Gasteiger partial charge in [0, 0.05) is 31.4 Å². The van der Waals surface area contributed by atoms with Gasteiger partial charge < -0.3 is 19.4 Å². The first-order chi connectivity index (χ1) is 18.2. The third-order valence-corrected chi connectivity index (χ3v) is 7.73.